The molecule has 3 atom stereocenters. The maximum absolute atomic E-state index is 12.6. The molecule has 0 saturated heterocycles. The fourth-order valence-electron chi connectivity index (χ4n) is 3.55. The third-order valence-corrected chi connectivity index (χ3v) is 5.11. The van der Waals surface area contributed by atoms with Crippen molar-refractivity contribution in [3.05, 3.63) is 11.3 Å². The fourth-order valence-corrected chi connectivity index (χ4v) is 3.55. The van der Waals surface area contributed by atoms with E-state index in [4.69, 9.17) is 0 Å². The predicted molar refractivity (Wildman–Crippen MR) is 56.3 cm³/mol. The van der Waals surface area contributed by atoms with Gasteiger partial charge in [0.25, 0.3) is 0 Å². The van der Waals surface area contributed by atoms with Gasteiger partial charge in [0, 0.05) is 11.0 Å². The largest absolute Gasteiger partial charge is 0.504 e. The van der Waals surface area contributed by atoms with Crippen LogP contribution in [0.4, 0.5) is 13.2 Å². The molecule has 0 aliphatic heterocycles. The second-order valence-corrected chi connectivity index (χ2v) is 5.93. The Hall–Kier alpha value is -0.710. The van der Waals surface area contributed by atoms with E-state index in [0.717, 1.165) is 0 Å². The molecular weight excluding hydrogens is 233 g/mol. The summed E-state index contributed by atoms with van der Waals surface area (Å²) < 4.78 is 37.7. The molecule has 2 nitrogen and oxygen atoms in total. The van der Waals surface area contributed by atoms with Crippen molar-refractivity contribution in [3.63, 3.8) is 0 Å². The molecule has 0 heterocycles. The van der Waals surface area contributed by atoms with Crippen LogP contribution in [0.25, 0.3) is 0 Å². The summed E-state index contributed by atoms with van der Waals surface area (Å²) in [5, 5.41) is 19.4. The van der Waals surface area contributed by atoms with Gasteiger partial charge in [-0.15, -0.1) is 0 Å². The molecule has 17 heavy (non-hydrogen) atoms. The van der Waals surface area contributed by atoms with Crippen molar-refractivity contribution >= 4 is 0 Å². The quantitative estimate of drug-likeness (QED) is 0.648. The third kappa shape index (κ3) is 1.38. The van der Waals surface area contributed by atoms with E-state index < -0.39 is 28.9 Å². The van der Waals surface area contributed by atoms with Gasteiger partial charge in [-0.25, -0.2) is 0 Å². The number of hydrogen-bond acceptors (Lipinski definition) is 2. The van der Waals surface area contributed by atoms with Crippen LogP contribution in [0.3, 0.4) is 0 Å². The molecule has 2 aliphatic rings. The SMILES string of the molecule is CC1(C)[C@H]2CC[C@@]1(C)C(O)C2=C(O)C(F)(F)F. The van der Waals surface area contributed by atoms with Crippen molar-refractivity contribution in [2.45, 2.75) is 45.9 Å². The Morgan fingerprint density at radius 2 is 1.82 bits per heavy atom. The van der Waals surface area contributed by atoms with Crippen LogP contribution < -0.4 is 0 Å². The molecule has 0 aromatic rings. The van der Waals surface area contributed by atoms with Crippen molar-refractivity contribution in [2.75, 3.05) is 0 Å². The number of fused-ring (bicyclic) bond motifs is 2. The fraction of sp³-hybridized carbons (Fsp3) is 0.833. The Morgan fingerprint density at radius 1 is 1.29 bits per heavy atom. The van der Waals surface area contributed by atoms with Gasteiger partial charge in [0.1, 0.15) is 0 Å². The van der Waals surface area contributed by atoms with Gasteiger partial charge < -0.3 is 10.2 Å². The molecule has 0 aromatic carbocycles. The van der Waals surface area contributed by atoms with Crippen molar-refractivity contribution in [1.29, 1.82) is 0 Å². The lowest BCUT2D eigenvalue weighted by molar-refractivity contribution is -0.124. The third-order valence-electron chi connectivity index (χ3n) is 5.11. The normalized spacial score (nSPS) is 43.0. The van der Waals surface area contributed by atoms with Gasteiger partial charge in [0.05, 0.1) is 6.10 Å². The van der Waals surface area contributed by atoms with Crippen molar-refractivity contribution in [1.82, 2.24) is 0 Å². The van der Waals surface area contributed by atoms with Crippen LogP contribution in [0.1, 0.15) is 33.6 Å². The average molecular weight is 250 g/mol. The minimum Gasteiger partial charge on any atom is -0.504 e. The first-order valence-electron chi connectivity index (χ1n) is 5.72. The van der Waals surface area contributed by atoms with E-state index in [9.17, 15) is 23.4 Å². The van der Waals surface area contributed by atoms with Crippen molar-refractivity contribution in [3.8, 4) is 0 Å². The summed E-state index contributed by atoms with van der Waals surface area (Å²) in [7, 11) is 0. The lowest BCUT2D eigenvalue weighted by Crippen LogP contribution is -2.36. The number of allylic oxidation sites excluding steroid dienone is 1. The zero-order valence-corrected chi connectivity index (χ0v) is 10.1. The number of alkyl halides is 3. The van der Waals surface area contributed by atoms with Gasteiger partial charge in [-0.05, 0) is 24.2 Å². The second kappa shape index (κ2) is 3.19. The number of hydrogen-bond donors (Lipinski definition) is 2. The van der Waals surface area contributed by atoms with Crippen molar-refractivity contribution in [2.24, 2.45) is 16.7 Å². The lowest BCUT2D eigenvalue weighted by atomic mass is 9.70. The first kappa shape index (κ1) is 12.7. The molecule has 2 fully saturated rings. The highest BCUT2D eigenvalue weighted by Gasteiger charge is 2.65. The monoisotopic (exact) mass is 250 g/mol. The van der Waals surface area contributed by atoms with Crippen LogP contribution >= 0.6 is 0 Å². The first-order chi connectivity index (χ1) is 7.53. The molecule has 0 spiro atoms. The van der Waals surface area contributed by atoms with E-state index >= 15 is 0 Å². The van der Waals surface area contributed by atoms with Gasteiger partial charge in [0.15, 0.2) is 5.76 Å². The van der Waals surface area contributed by atoms with Crippen molar-refractivity contribution < 1.29 is 23.4 Å². The Kier molecular flexibility index (Phi) is 2.39. The molecule has 0 aromatic heterocycles. The van der Waals surface area contributed by atoms with E-state index in [2.05, 4.69) is 0 Å². The Bertz CT molecular complexity index is 384. The highest BCUT2D eigenvalue weighted by molar-refractivity contribution is 5.35. The molecule has 5 heteroatoms. The zero-order valence-electron chi connectivity index (χ0n) is 10.1. The van der Waals surface area contributed by atoms with Gasteiger partial charge in [0.2, 0.25) is 0 Å². The van der Waals surface area contributed by atoms with Crippen LogP contribution in [0.2, 0.25) is 0 Å². The van der Waals surface area contributed by atoms with E-state index in [-0.39, 0.29) is 11.5 Å². The lowest BCUT2D eigenvalue weighted by Gasteiger charge is -2.36. The first-order valence-corrected chi connectivity index (χ1v) is 5.72. The summed E-state index contributed by atoms with van der Waals surface area (Å²) in [5.41, 5.74) is -1.20. The Labute approximate surface area is 98.1 Å². The van der Waals surface area contributed by atoms with Gasteiger partial charge in [-0.2, -0.15) is 13.2 Å². The van der Waals surface area contributed by atoms with Crippen LogP contribution in [0.5, 0.6) is 0 Å². The molecule has 2 saturated carbocycles. The molecule has 0 amide bonds. The highest BCUT2D eigenvalue weighted by Crippen LogP contribution is 2.68. The van der Waals surface area contributed by atoms with Crippen LogP contribution in [0.15, 0.2) is 11.3 Å². The van der Waals surface area contributed by atoms with E-state index in [1.807, 2.05) is 13.8 Å². The molecule has 2 bridgehead atoms. The molecule has 2 aliphatic carbocycles. The summed E-state index contributed by atoms with van der Waals surface area (Å²) in [6.45, 7) is 5.53. The number of halogens is 3. The number of aliphatic hydroxyl groups is 2. The van der Waals surface area contributed by atoms with E-state index in [1.54, 1.807) is 6.92 Å². The number of rotatable bonds is 0. The molecule has 2 N–H and O–H groups in total. The minimum absolute atomic E-state index is 0.212. The summed E-state index contributed by atoms with van der Waals surface area (Å²) in [6.07, 6.45) is -4.68. The van der Waals surface area contributed by atoms with E-state index in [0.29, 0.717) is 12.8 Å². The average Bonchev–Trinajstić information content (AvgIpc) is 2.47. The van der Waals surface area contributed by atoms with Crippen LogP contribution in [-0.4, -0.2) is 22.5 Å². The second-order valence-electron chi connectivity index (χ2n) is 5.93. The smallest absolute Gasteiger partial charge is 0.448 e. The Morgan fingerprint density at radius 3 is 2.18 bits per heavy atom. The topological polar surface area (TPSA) is 40.5 Å². The molecule has 98 valence electrons. The van der Waals surface area contributed by atoms with Gasteiger partial charge in [-0.1, -0.05) is 20.8 Å². The van der Waals surface area contributed by atoms with Crippen LogP contribution in [0, 0.1) is 16.7 Å². The summed E-state index contributed by atoms with van der Waals surface area (Å²) in [6, 6.07) is 0. The van der Waals surface area contributed by atoms with Gasteiger partial charge >= 0.3 is 6.18 Å². The molecular formula is C12H17F3O2. The number of aliphatic hydroxyl groups excluding tert-OH is 2. The van der Waals surface area contributed by atoms with Crippen LogP contribution in [-0.2, 0) is 0 Å². The molecule has 2 rings (SSSR count). The Balaban J connectivity index is 2.56. The molecule has 1 unspecified atom stereocenters. The maximum atomic E-state index is 12.6. The van der Waals surface area contributed by atoms with Gasteiger partial charge in [-0.3, -0.25) is 0 Å². The highest BCUT2D eigenvalue weighted by atomic mass is 19.4. The minimum atomic E-state index is -4.77. The van der Waals surface area contributed by atoms with E-state index in [1.165, 1.54) is 0 Å². The molecule has 0 radical (unpaired) electrons. The predicted octanol–water partition coefficient (Wildman–Crippen LogP) is 3.18. The standard InChI is InChI=1S/C12H17F3O2/c1-10(2)6-4-5-11(10,3)8(16)7(6)9(17)12(13,14)15/h6,8,16-17H,4-5H2,1-3H3/t6-,8?,11-/m0/s1. The summed E-state index contributed by atoms with van der Waals surface area (Å²) in [5.74, 6) is -1.98. The summed E-state index contributed by atoms with van der Waals surface area (Å²) >= 11 is 0. The summed E-state index contributed by atoms with van der Waals surface area (Å²) in [4.78, 5) is 0. The zero-order chi connectivity index (χ0) is 13.2. The maximum Gasteiger partial charge on any atom is 0.448 e.